The van der Waals surface area contributed by atoms with E-state index in [0.717, 1.165) is 22.2 Å². The zero-order valence-electron chi connectivity index (χ0n) is 21.6. The van der Waals surface area contributed by atoms with Crippen molar-refractivity contribution >= 4 is 91.3 Å². The Morgan fingerprint density at radius 2 is 1.63 bits per heavy atom. The molecule has 1 saturated heterocycles. The van der Waals surface area contributed by atoms with E-state index < -0.39 is 29.5 Å². The Hall–Kier alpha value is -3.51. The van der Waals surface area contributed by atoms with Gasteiger partial charge in [0.05, 0.1) is 17.0 Å². The van der Waals surface area contributed by atoms with Crippen LogP contribution in [0.5, 0.6) is 11.5 Å². The number of nitrogens with zero attached hydrogens (tertiary/aromatic N) is 1. The minimum absolute atomic E-state index is 0.143. The van der Waals surface area contributed by atoms with Crippen LogP contribution in [0.15, 0.2) is 64.0 Å². The van der Waals surface area contributed by atoms with Crippen LogP contribution in [0.2, 0.25) is 10.0 Å². The van der Waals surface area contributed by atoms with Crippen LogP contribution in [0.4, 0.5) is 16.2 Å². The van der Waals surface area contributed by atoms with E-state index in [9.17, 15) is 19.2 Å². The highest BCUT2D eigenvalue weighted by Gasteiger charge is 2.36. The number of hydrogen-bond acceptors (Lipinski definition) is 7. The maximum atomic E-state index is 12.9. The number of halogens is 3. The first-order chi connectivity index (χ1) is 19.5. The highest BCUT2D eigenvalue weighted by atomic mass is 79.9. The first kappa shape index (κ1) is 30.4. The summed E-state index contributed by atoms with van der Waals surface area (Å²) in [6.45, 7) is 1.09. The van der Waals surface area contributed by atoms with Crippen molar-refractivity contribution in [2.24, 2.45) is 0 Å². The van der Waals surface area contributed by atoms with E-state index in [1.807, 2.05) is 6.92 Å². The van der Waals surface area contributed by atoms with Crippen LogP contribution in [-0.4, -0.2) is 48.1 Å². The molecule has 212 valence electrons. The molecule has 2 N–H and O–H groups in total. The molecule has 9 nitrogen and oxygen atoms in total. The van der Waals surface area contributed by atoms with Gasteiger partial charge in [-0.25, -0.2) is 0 Å². The second kappa shape index (κ2) is 13.4. The minimum atomic E-state index is -0.596. The number of carbonyl (C=O) groups is 4. The van der Waals surface area contributed by atoms with Gasteiger partial charge in [-0.3, -0.25) is 24.1 Å². The van der Waals surface area contributed by atoms with E-state index in [1.165, 1.54) is 13.2 Å². The molecular formula is C28H22BrCl2N3O6S. The molecular weight excluding hydrogens is 657 g/mol. The van der Waals surface area contributed by atoms with Crippen molar-refractivity contribution in [2.45, 2.75) is 6.92 Å². The Bertz CT molecular complexity index is 1580. The Kier molecular flexibility index (Phi) is 9.98. The van der Waals surface area contributed by atoms with Gasteiger partial charge >= 0.3 is 0 Å². The Labute approximate surface area is 258 Å². The lowest BCUT2D eigenvalue weighted by atomic mass is 10.2. The predicted molar refractivity (Wildman–Crippen MR) is 164 cm³/mol. The van der Waals surface area contributed by atoms with Gasteiger partial charge < -0.3 is 20.1 Å². The summed E-state index contributed by atoms with van der Waals surface area (Å²) < 4.78 is 11.7. The standard InChI is InChI=1S/C28H22BrCl2N3O6S/c1-15-3-5-17(11-20(15)30)32-25(35)13-34-27(37)24(41-28(34)38)10-16-4-8-22(23(9-16)39-2)40-14-26(36)33-18-6-7-19(29)21(31)12-18/h3-12H,13-14H2,1-2H3,(H,32,35)(H,33,36)/b24-10+. The molecule has 1 aliphatic heterocycles. The molecule has 0 aliphatic carbocycles. The number of thioether (sulfide) groups is 1. The maximum Gasteiger partial charge on any atom is 0.294 e. The van der Waals surface area contributed by atoms with Crippen molar-refractivity contribution in [3.05, 3.63) is 85.1 Å². The molecule has 0 radical (unpaired) electrons. The van der Waals surface area contributed by atoms with Gasteiger partial charge in [-0.1, -0.05) is 35.3 Å². The number of benzene rings is 3. The number of methoxy groups -OCH3 is 1. The highest BCUT2D eigenvalue weighted by Crippen LogP contribution is 2.35. The van der Waals surface area contributed by atoms with Gasteiger partial charge in [0.1, 0.15) is 6.54 Å². The number of rotatable bonds is 9. The molecule has 1 fully saturated rings. The zero-order chi connectivity index (χ0) is 29.7. The molecule has 1 aliphatic rings. The van der Waals surface area contributed by atoms with Crippen LogP contribution in [0.3, 0.4) is 0 Å². The summed E-state index contributed by atoms with van der Waals surface area (Å²) in [7, 11) is 1.43. The summed E-state index contributed by atoms with van der Waals surface area (Å²) in [5, 5.41) is 5.70. The predicted octanol–water partition coefficient (Wildman–Crippen LogP) is 6.77. The first-order valence-corrected chi connectivity index (χ1v) is 14.3. The van der Waals surface area contributed by atoms with Crippen LogP contribution in [-0.2, 0) is 14.4 Å². The van der Waals surface area contributed by atoms with Crippen LogP contribution in [0, 0.1) is 6.92 Å². The summed E-state index contributed by atoms with van der Waals surface area (Å²) in [5.41, 5.74) is 2.37. The summed E-state index contributed by atoms with van der Waals surface area (Å²) in [5.74, 6) is -0.925. The van der Waals surface area contributed by atoms with E-state index in [2.05, 4.69) is 26.6 Å². The second-order valence-corrected chi connectivity index (χ2v) is 11.3. The number of carbonyl (C=O) groups excluding carboxylic acids is 4. The molecule has 0 aromatic heterocycles. The van der Waals surface area contributed by atoms with Crippen LogP contribution in [0.1, 0.15) is 11.1 Å². The SMILES string of the molecule is COc1cc(/C=C2/SC(=O)N(CC(=O)Nc3ccc(C)c(Cl)c3)C2=O)ccc1OCC(=O)Nc1ccc(Br)c(Cl)c1. The number of hydrogen-bond donors (Lipinski definition) is 2. The molecule has 41 heavy (non-hydrogen) atoms. The Morgan fingerprint density at radius 1 is 0.951 bits per heavy atom. The summed E-state index contributed by atoms with van der Waals surface area (Å²) in [4.78, 5) is 51.2. The number of anilines is 2. The van der Waals surface area contributed by atoms with E-state index in [0.29, 0.717) is 43.0 Å². The summed E-state index contributed by atoms with van der Waals surface area (Å²) in [6.07, 6.45) is 1.51. The van der Waals surface area contributed by atoms with Gasteiger partial charge in [-0.2, -0.15) is 0 Å². The third-order valence-corrected chi connectivity index (χ3v) is 8.23. The number of nitrogens with one attached hydrogen (secondary N) is 2. The maximum absolute atomic E-state index is 12.9. The van der Waals surface area contributed by atoms with Gasteiger partial charge in [0.2, 0.25) is 5.91 Å². The normalized spacial score (nSPS) is 13.9. The lowest BCUT2D eigenvalue weighted by molar-refractivity contribution is -0.127. The molecule has 0 spiro atoms. The van der Waals surface area contributed by atoms with Crippen molar-refractivity contribution in [2.75, 3.05) is 30.9 Å². The Balaban J connectivity index is 1.38. The quantitative estimate of drug-likeness (QED) is 0.240. The van der Waals surface area contributed by atoms with Gasteiger partial charge in [0.15, 0.2) is 18.1 Å². The molecule has 13 heteroatoms. The van der Waals surface area contributed by atoms with E-state index in [4.69, 9.17) is 32.7 Å². The molecule has 0 bridgehead atoms. The molecule has 1 heterocycles. The van der Waals surface area contributed by atoms with Gasteiger partial charge in [-0.05, 0) is 94.3 Å². The van der Waals surface area contributed by atoms with Crippen LogP contribution >= 0.6 is 50.9 Å². The average molecular weight is 679 g/mol. The molecule has 0 saturated carbocycles. The van der Waals surface area contributed by atoms with Crippen molar-refractivity contribution in [1.82, 2.24) is 4.90 Å². The van der Waals surface area contributed by atoms with Gasteiger partial charge in [0, 0.05) is 20.9 Å². The number of aryl methyl sites for hydroxylation is 1. The average Bonchev–Trinajstić information content (AvgIpc) is 3.19. The first-order valence-electron chi connectivity index (χ1n) is 11.9. The lowest BCUT2D eigenvalue weighted by Crippen LogP contribution is -2.36. The van der Waals surface area contributed by atoms with Crippen molar-refractivity contribution in [3.8, 4) is 11.5 Å². The second-order valence-electron chi connectivity index (χ2n) is 8.66. The Morgan fingerprint density at radius 3 is 2.32 bits per heavy atom. The zero-order valence-corrected chi connectivity index (χ0v) is 25.5. The third kappa shape index (κ3) is 7.82. The van der Waals surface area contributed by atoms with E-state index >= 15 is 0 Å². The van der Waals surface area contributed by atoms with Crippen molar-refractivity contribution < 1.29 is 28.7 Å². The fourth-order valence-electron chi connectivity index (χ4n) is 3.61. The van der Waals surface area contributed by atoms with E-state index in [1.54, 1.807) is 54.6 Å². The minimum Gasteiger partial charge on any atom is -0.493 e. The lowest BCUT2D eigenvalue weighted by Gasteiger charge is -2.13. The number of amides is 4. The summed E-state index contributed by atoms with van der Waals surface area (Å²) >= 11 is 16.2. The molecule has 4 rings (SSSR count). The van der Waals surface area contributed by atoms with Crippen LogP contribution in [0.25, 0.3) is 6.08 Å². The molecule has 4 amide bonds. The molecule has 0 atom stereocenters. The van der Waals surface area contributed by atoms with Crippen LogP contribution < -0.4 is 20.1 Å². The summed E-state index contributed by atoms with van der Waals surface area (Å²) in [6, 6.07) is 14.9. The highest BCUT2D eigenvalue weighted by molar-refractivity contribution is 9.10. The number of ether oxygens (including phenoxy) is 2. The fourth-order valence-corrected chi connectivity index (χ4v) is 5.06. The topological polar surface area (TPSA) is 114 Å². The van der Waals surface area contributed by atoms with Gasteiger partial charge in [0.25, 0.3) is 17.1 Å². The fraction of sp³-hybridized carbons (Fsp3) is 0.143. The molecule has 3 aromatic carbocycles. The van der Waals surface area contributed by atoms with Gasteiger partial charge in [-0.15, -0.1) is 0 Å². The molecule has 0 unspecified atom stereocenters. The third-order valence-electron chi connectivity index (χ3n) is 5.68. The van der Waals surface area contributed by atoms with Crippen molar-refractivity contribution in [3.63, 3.8) is 0 Å². The van der Waals surface area contributed by atoms with E-state index in [-0.39, 0.29) is 11.5 Å². The van der Waals surface area contributed by atoms with Crippen molar-refractivity contribution in [1.29, 1.82) is 0 Å². The monoisotopic (exact) mass is 677 g/mol. The number of imide groups is 1. The molecule has 3 aromatic rings. The smallest absolute Gasteiger partial charge is 0.294 e. The largest absolute Gasteiger partial charge is 0.493 e.